The van der Waals surface area contributed by atoms with E-state index in [1.165, 1.54) is 6.20 Å². The SMILES string of the molecule is Cc1ccc(C(=O)NCCCC(C=O)NC(=O)c2ccc(OCc3cnc4nc(N)nc(N)c4n3)cc2)c(/C(N)=N/NN)c1. The number of anilines is 2. The second-order valence-corrected chi connectivity index (χ2v) is 9.60. The van der Waals surface area contributed by atoms with Gasteiger partial charge in [-0.15, -0.1) is 5.10 Å². The number of nitrogen functional groups attached to an aromatic ring is 2. The topological polar surface area (TPSA) is 265 Å². The van der Waals surface area contributed by atoms with Crippen LogP contribution in [0.5, 0.6) is 5.75 Å². The van der Waals surface area contributed by atoms with Gasteiger partial charge in [-0.1, -0.05) is 11.6 Å². The van der Waals surface area contributed by atoms with Crippen molar-refractivity contribution in [1.29, 1.82) is 0 Å². The van der Waals surface area contributed by atoms with E-state index in [4.69, 9.17) is 27.8 Å². The molecular weight excluding hydrogens is 568 g/mol. The van der Waals surface area contributed by atoms with Gasteiger partial charge in [-0.2, -0.15) is 9.97 Å². The number of fused-ring (bicyclic) bond motifs is 1. The fourth-order valence-corrected chi connectivity index (χ4v) is 4.15. The molecule has 0 spiro atoms. The first-order valence-corrected chi connectivity index (χ1v) is 13.4. The minimum Gasteiger partial charge on any atom is -0.487 e. The summed E-state index contributed by atoms with van der Waals surface area (Å²) < 4.78 is 5.74. The molecule has 2 aromatic heterocycles. The van der Waals surface area contributed by atoms with Crippen LogP contribution in [0.1, 0.15) is 50.4 Å². The normalized spacial score (nSPS) is 11.9. The molecule has 4 aromatic rings. The minimum atomic E-state index is -0.748. The van der Waals surface area contributed by atoms with E-state index < -0.39 is 11.9 Å². The summed E-state index contributed by atoms with van der Waals surface area (Å²) in [6.45, 7) is 2.21. The van der Waals surface area contributed by atoms with E-state index in [1.54, 1.807) is 42.5 Å². The van der Waals surface area contributed by atoms with Crippen molar-refractivity contribution in [2.45, 2.75) is 32.4 Å². The first-order valence-electron chi connectivity index (χ1n) is 13.4. The van der Waals surface area contributed by atoms with E-state index >= 15 is 0 Å². The standard InChI is InChI=1S/C28H32N12O4/c1-15-4-9-20(21(11-15)23(29)39-40-32)27(43)33-10-2-3-17(13-41)36-26(42)16-5-7-19(8-6-16)44-14-18-12-34-25-22(35-18)24(30)37-28(31)38-25/h4-9,11-13,17,40H,2-3,10,14,32H2,1H3,(H2,29,39)(H,33,43)(H,36,42)(H4,30,31,34,37,38). The number of amidine groups is 1. The number of nitrogens with zero attached hydrogens (tertiary/aromatic N) is 5. The van der Waals surface area contributed by atoms with E-state index in [2.05, 4.69) is 41.2 Å². The zero-order valence-electron chi connectivity index (χ0n) is 23.8. The zero-order chi connectivity index (χ0) is 31.6. The van der Waals surface area contributed by atoms with Crippen LogP contribution >= 0.6 is 0 Å². The summed E-state index contributed by atoms with van der Waals surface area (Å²) in [4.78, 5) is 53.5. The van der Waals surface area contributed by atoms with Crippen molar-refractivity contribution >= 4 is 46.9 Å². The summed E-state index contributed by atoms with van der Waals surface area (Å²) >= 11 is 0. The molecule has 2 amide bonds. The number of hydrazone groups is 1. The highest BCUT2D eigenvalue weighted by Crippen LogP contribution is 2.17. The smallest absolute Gasteiger partial charge is 0.252 e. The molecule has 0 saturated carbocycles. The van der Waals surface area contributed by atoms with Crippen LogP contribution in [0.2, 0.25) is 0 Å². The lowest BCUT2D eigenvalue weighted by atomic mass is 10.0. The fraction of sp³-hybridized carbons (Fsp3) is 0.214. The molecule has 0 radical (unpaired) electrons. The monoisotopic (exact) mass is 600 g/mol. The number of carbonyl (C=O) groups excluding carboxylic acids is 3. The van der Waals surface area contributed by atoms with Crippen molar-refractivity contribution in [3.05, 3.63) is 76.6 Å². The van der Waals surface area contributed by atoms with Crippen molar-refractivity contribution in [2.75, 3.05) is 18.0 Å². The molecular formula is C28H32N12O4. The van der Waals surface area contributed by atoms with Gasteiger partial charge in [0.2, 0.25) is 5.95 Å². The maximum absolute atomic E-state index is 12.8. The predicted octanol–water partition coefficient (Wildman–Crippen LogP) is 0.0627. The van der Waals surface area contributed by atoms with Gasteiger partial charge in [-0.3, -0.25) is 9.59 Å². The van der Waals surface area contributed by atoms with Crippen LogP contribution in [-0.2, 0) is 11.4 Å². The average Bonchev–Trinajstić information content (AvgIpc) is 3.01. The van der Waals surface area contributed by atoms with E-state index in [9.17, 15) is 14.4 Å². The molecule has 0 fully saturated rings. The van der Waals surface area contributed by atoms with Gasteiger partial charge in [0, 0.05) is 17.7 Å². The Morgan fingerprint density at radius 2 is 1.82 bits per heavy atom. The summed E-state index contributed by atoms with van der Waals surface area (Å²) in [6, 6.07) is 10.8. The maximum Gasteiger partial charge on any atom is 0.252 e. The molecule has 0 aliphatic rings. The third-order valence-electron chi connectivity index (χ3n) is 6.34. The quantitative estimate of drug-likeness (QED) is 0.0268. The Morgan fingerprint density at radius 3 is 2.55 bits per heavy atom. The highest BCUT2D eigenvalue weighted by Gasteiger charge is 2.16. The van der Waals surface area contributed by atoms with Gasteiger partial charge in [0.05, 0.1) is 23.5 Å². The lowest BCUT2D eigenvalue weighted by molar-refractivity contribution is -0.109. The lowest BCUT2D eigenvalue weighted by Gasteiger charge is -2.14. The Hall–Kier alpha value is -5.90. The Balaban J connectivity index is 1.25. The Morgan fingerprint density at radius 1 is 1.05 bits per heavy atom. The van der Waals surface area contributed by atoms with Crippen LogP contribution in [-0.4, -0.2) is 56.5 Å². The molecule has 0 aliphatic carbocycles. The number of aldehydes is 1. The van der Waals surface area contributed by atoms with Gasteiger partial charge in [0.15, 0.2) is 22.8 Å². The molecule has 44 heavy (non-hydrogen) atoms. The van der Waals surface area contributed by atoms with E-state index in [0.29, 0.717) is 52.8 Å². The van der Waals surface area contributed by atoms with Crippen LogP contribution in [0.15, 0.2) is 53.8 Å². The van der Waals surface area contributed by atoms with Crippen molar-refractivity contribution in [2.24, 2.45) is 16.7 Å². The lowest BCUT2D eigenvalue weighted by Crippen LogP contribution is -2.37. The summed E-state index contributed by atoms with van der Waals surface area (Å²) in [6.07, 6.45) is 2.89. The number of aryl methyl sites for hydroxylation is 1. The van der Waals surface area contributed by atoms with Crippen LogP contribution in [0.25, 0.3) is 11.2 Å². The minimum absolute atomic E-state index is 0.00738. The number of aromatic nitrogens is 4. The number of hydrogen-bond acceptors (Lipinski definition) is 13. The summed E-state index contributed by atoms with van der Waals surface area (Å²) in [5, 5.41) is 9.23. The van der Waals surface area contributed by atoms with Crippen LogP contribution < -0.4 is 43.9 Å². The number of rotatable bonds is 13. The predicted molar refractivity (Wildman–Crippen MR) is 163 cm³/mol. The number of benzene rings is 2. The van der Waals surface area contributed by atoms with Crippen LogP contribution in [0.4, 0.5) is 11.8 Å². The van der Waals surface area contributed by atoms with E-state index in [-0.39, 0.29) is 42.3 Å². The van der Waals surface area contributed by atoms with Gasteiger partial charge in [0.1, 0.15) is 18.6 Å². The number of amides is 2. The van der Waals surface area contributed by atoms with Gasteiger partial charge in [0.25, 0.3) is 11.8 Å². The Kier molecular flexibility index (Phi) is 10.1. The van der Waals surface area contributed by atoms with Crippen LogP contribution in [0.3, 0.4) is 0 Å². The fourth-order valence-electron chi connectivity index (χ4n) is 4.15. The average molecular weight is 601 g/mol. The molecule has 2 aromatic carbocycles. The third kappa shape index (κ3) is 7.89. The molecule has 228 valence electrons. The third-order valence-corrected chi connectivity index (χ3v) is 6.34. The molecule has 16 heteroatoms. The first-order chi connectivity index (χ1) is 21.2. The van der Waals surface area contributed by atoms with Crippen molar-refractivity contribution < 1.29 is 19.1 Å². The van der Waals surface area contributed by atoms with Gasteiger partial charge in [-0.05, 0) is 56.2 Å². The van der Waals surface area contributed by atoms with Crippen molar-refractivity contribution in [3.8, 4) is 5.75 Å². The van der Waals surface area contributed by atoms with E-state index in [1.807, 2.05) is 6.92 Å². The number of hydrazine groups is 1. The molecule has 16 nitrogen and oxygen atoms in total. The number of carbonyl (C=O) groups is 3. The van der Waals surface area contributed by atoms with Gasteiger partial charge < -0.3 is 37.4 Å². The molecule has 0 saturated heterocycles. The van der Waals surface area contributed by atoms with Crippen molar-refractivity contribution in [1.82, 2.24) is 36.1 Å². The molecule has 2 heterocycles. The maximum atomic E-state index is 12.8. The molecule has 1 unspecified atom stereocenters. The molecule has 4 rings (SSSR count). The second kappa shape index (κ2) is 14.3. The second-order valence-electron chi connectivity index (χ2n) is 9.60. The highest BCUT2D eigenvalue weighted by molar-refractivity contribution is 6.08. The molecule has 0 aliphatic heterocycles. The van der Waals surface area contributed by atoms with Gasteiger partial charge >= 0.3 is 0 Å². The Bertz CT molecular complexity index is 1690. The summed E-state index contributed by atoms with van der Waals surface area (Å²) in [5.41, 5.74) is 22.5. The van der Waals surface area contributed by atoms with Crippen LogP contribution in [0, 0.1) is 6.92 Å². The first kappa shape index (κ1) is 31.0. The molecule has 11 N–H and O–H groups in total. The highest BCUT2D eigenvalue weighted by atomic mass is 16.5. The largest absolute Gasteiger partial charge is 0.487 e. The molecule has 0 bridgehead atoms. The zero-order valence-corrected chi connectivity index (χ0v) is 23.8. The molecule has 1 atom stereocenters. The van der Waals surface area contributed by atoms with Gasteiger partial charge in [-0.25, -0.2) is 21.3 Å². The number of hydrogen-bond donors (Lipinski definition) is 7. The Labute approximate surface area is 251 Å². The number of nitrogens with two attached hydrogens (primary N) is 4. The van der Waals surface area contributed by atoms with Crippen molar-refractivity contribution in [3.63, 3.8) is 0 Å². The number of ether oxygens (including phenoxy) is 1. The summed E-state index contributed by atoms with van der Waals surface area (Å²) in [5.74, 6) is 5.09. The number of nitrogens with one attached hydrogen (secondary N) is 3. The summed E-state index contributed by atoms with van der Waals surface area (Å²) in [7, 11) is 0. The van der Waals surface area contributed by atoms with E-state index in [0.717, 1.165) is 5.56 Å².